The van der Waals surface area contributed by atoms with Crippen molar-refractivity contribution in [3.05, 3.63) is 65.9 Å². The van der Waals surface area contributed by atoms with Crippen LogP contribution >= 0.6 is 0 Å². The number of para-hydroxylation sites is 1. The topological polar surface area (TPSA) is 74.0 Å². The van der Waals surface area contributed by atoms with Gasteiger partial charge in [0.25, 0.3) is 0 Å². The van der Waals surface area contributed by atoms with Crippen molar-refractivity contribution in [2.45, 2.75) is 19.0 Å². The molecule has 2 amide bonds. The first-order valence-electron chi connectivity index (χ1n) is 8.62. The molecule has 0 atom stereocenters. The summed E-state index contributed by atoms with van der Waals surface area (Å²) in [6.45, 7) is 0.345. The van der Waals surface area contributed by atoms with Gasteiger partial charge >= 0.3 is 6.18 Å². The van der Waals surface area contributed by atoms with E-state index < -0.39 is 30.0 Å². The number of benzene rings is 2. The third kappa shape index (κ3) is 4.91. The summed E-state index contributed by atoms with van der Waals surface area (Å²) in [6, 6.07) is 12.0. The van der Waals surface area contributed by atoms with Crippen LogP contribution < -0.4 is 10.6 Å². The van der Waals surface area contributed by atoms with Gasteiger partial charge in [-0.1, -0.05) is 24.3 Å². The van der Waals surface area contributed by atoms with Gasteiger partial charge < -0.3 is 15.6 Å². The number of aromatic amines is 1. The fraction of sp³-hybridized carbons (Fsp3) is 0.200. The lowest BCUT2D eigenvalue weighted by molar-refractivity contribution is -0.137. The molecule has 0 aliphatic heterocycles. The zero-order valence-electron chi connectivity index (χ0n) is 14.8. The fourth-order valence-corrected chi connectivity index (χ4v) is 2.86. The van der Waals surface area contributed by atoms with Crippen molar-refractivity contribution in [2.75, 3.05) is 11.9 Å². The van der Waals surface area contributed by atoms with Gasteiger partial charge in [0, 0.05) is 29.3 Å². The second-order valence-corrected chi connectivity index (χ2v) is 6.26. The van der Waals surface area contributed by atoms with E-state index in [2.05, 4.69) is 15.6 Å². The zero-order chi connectivity index (χ0) is 20.1. The maximum atomic E-state index is 12.7. The fourth-order valence-electron chi connectivity index (χ4n) is 2.86. The van der Waals surface area contributed by atoms with Gasteiger partial charge in [-0.2, -0.15) is 13.2 Å². The maximum Gasteiger partial charge on any atom is 0.416 e. The first-order chi connectivity index (χ1) is 13.3. The largest absolute Gasteiger partial charge is 0.416 e. The number of hydrogen-bond donors (Lipinski definition) is 3. The SMILES string of the molecule is O=C(CC(=O)Nc1cccc(C(F)(F)F)c1)NCCc1c[nH]c2ccccc12. The van der Waals surface area contributed by atoms with Gasteiger partial charge in [0.2, 0.25) is 11.8 Å². The van der Waals surface area contributed by atoms with Crippen LogP contribution in [0.15, 0.2) is 54.7 Å². The molecule has 0 fully saturated rings. The van der Waals surface area contributed by atoms with Crippen molar-refractivity contribution >= 4 is 28.4 Å². The third-order valence-electron chi connectivity index (χ3n) is 4.19. The van der Waals surface area contributed by atoms with E-state index in [0.29, 0.717) is 13.0 Å². The summed E-state index contributed by atoms with van der Waals surface area (Å²) < 4.78 is 38.1. The number of H-pyrrole nitrogens is 1. The third-order valence-corrected chi connectivity index (χ3v) is 4.19. The Hall–Kier alpha value is -3.29. The van der Waals surface area contributed by atoms with E-state index in [1.807, 2.05) is 30.5 Å². The molecule has 0 bridgehead atoms. The lowest BCUT2D eigenvalue weighted by Crippen LogP contribution is -2.29. The van der Waals surface area contributed by atoms with E-state index in [1.165, 1.54) is 12.1 Å². The van der Waals surface area contributed by atoms with Gasteiger partial charge in [0.05, 0.1) is 5.56 Å². The molecule has 3 N–H and O–H groups in total. The van der Waals surface area contributed by atoms with E-state index >= 15 is 0 Å². The van der Waals surface area contributed by atoms with Crippen molar-refractivity contribution in [1.29, 1.82) is 0 Å². The smallest absolute Gasteiger partial charge is 0.361 e. The molecular formula is C20H18F3N3O2. The monoisotopic (exact) mass is 389 g/mol. The van der Waals surface area contributed by atoms with Crippen LogP contribution in [0.2, 0.25) is 0 Å². The summed E-state index contributed by atoms with van der Waals surface area (Å²) >= 11 is 0. The summed E-state index contributed by atoms with van der Waals surface area (Å²) in [6.07, 6.45) is -2.51. The molecule has 0 aliphatic rings. The Morgan fingerprint density at radius 1 is 1.00 bits per heavy atom. The minimum atomic E-state index is -4.50. The molecule has 28 heavy (non-hydrogen) atoms. The van der Waals surface area contributed by atoms with Gasteiger partial charge in [0.1, 0.15) is 6.42 Å². The number of carbonyl (C=O) groups is 2. The second-order valence-electron chi connectivity index (χ2n) is 6.26. The van der Waals surface area contributed by atoms with Crippen molar-refractivity contribution in [3.8, 4) is 0 Å². The molecule has 3 aromatic rings. The molecule has 5 nitrogen and oxygen atoms in total. The van der Waals surface area contributed by atoms with Crippen molar-refractivity contribution in [1.82, 2.24) is 10.3 Å². The molecule has 0 saturated carbocycles. The predicted molar refractivity (Wildman–Crippen MR) is 99.7 cm³/mol. The molecule has 1 aromatic heterocycles. The van der Waals surface area contributed by atoms with Crippen LogP contribution in [-0.4, -0.2) is 23.3 Å². The van der Waals surface area contributed by atoms with E-state index in [0.717, 1.165) is 28.6 Å². The molecular weight excluding hydrogens is 371 g/mol. The quantitative estimate of drug-likeness (QED) is 0.560. The molecule has 0 saturated heterocycles. The summed E-state index contributed by atoms with van der Waals surface area (Å²) in [7, 11) is 0. The second kappa shape index (κ2) is 8.16. The summed E-state index contributed by atoms with van der Waals surface area (Å²) in [5, 5.41) is 6.02. The number of halogens is 3. The molecule has 0 radical (unpaired) electrons. The number of anilines is 1. The standard InChI is InChI=1S/C20H18F3N3O2/c21-20(22,23)14-4-3-5-15(10-14)26-19(28)11-18(27)24-9-8-13-12-25-17-7-2-1-6-16(13)17/h1-7,10,12,25H,8-9,11H2,(H,24,27)(H,26,28). The number of alkyl halides is 3. The first kappa shape index (κ1) is 19.5. The molecule has 0 unspecified atom stereocenters. The molecule has 8 heteroatoms. The number of fused-ring (bicyclic) bond motifs is 1. The molecule has 1 heterocycles. The van der Waals surface area contributed by atoms with E-state index in [-0.39, 0.29) is 5.69 Å². The van der Waals surface area contributed by atoms with Crippen LogP contribution in [0.1, 0.15) is 17.5 Å². The molecule has 0 spiro atoms. The molecule has 146 valence electrons. The minimum Gasteiger partial charge on any atom is -0.361 e. The Morgan fingerprint density at radius 2 is 1.79 bits per heavy atom. The number of amides is 2. The zero-order valence-corrected chi connectivity index (χ0v) is 14.8. The van der Waals surface area contributed by atoms with Gasteiger partial charge in [-0.25, -0.2) is 0 Å². The van der Waals surface area contributed by atoms with Crippen LogP contribution in [0.3, 0.4) is 0 Å². The highest BCUT2D eigenvalue weighted by atomic mass is 19.4. The normalized spacial score (nSPS) is 11.4. The Morgan fingerprint density at radius 3 is 2.57 bits per heavy atom. The summed E-state index contributed by atoms with van der Waals surface area (Å²) in [5.41, 5.74) is 1.17. The highest BCUT2D eigenvalue weighted by Crippen LogP contribution is 2.30. The Labute approximate surface area is 158 Å². The average molecular weight is 389 g/mol. The lowest BCUT2D eigenvalue weighted by atomic mass is 10.1. The Kier molecular flexibility index (Phi) is 5.67. The van der Waals surface area contributed by atoms with Crippen LogP contribution in [0.5, 0.6) is 0 Å². The van der Waals surface area contributed by atoms with Crippen molar-refractivity contribution in [2.24, 2.45) is 0 Å². The number of nitrogens with one attached hydrogen (secondary N) is 3. The van der Waals surface area contributed by atoms with Gasteiger partial charge in [-0.15, -0.1) is 0 Å². The maximum absolute atomic E-state index is 12.7. The van der Waals surface area contributed by atoms with Crippen LogP contribution in [0.25, 0.3) is 10.9 Å². The Balaban J connectivity index is 1.48. The van der Waals surface area contributed by atoms with E-state index in [1.54, 1.807) is 0 Å². The van der Waals surface area contributed by atoms with Crippen LogP contribution in [0, 0.1) is 0 Å². The van der Waals surface area contributed by atoms with E-state index in [9.17, 15) is 22.8 Å². The van der Waals surface area contributed by atoms with E-state index in [4.69, 9.17) is 0 Å². The highest BCUT2D eigenvalue weighted by Gasteiger charge is 2.30. The number of rotatable bonds is 6. The molecule has 3 rings (SSSR count). The van der Waals surface area contributed by atoms with Crippen molar-refractivity contribution < 1.29 is 22.8 Å². The first-order valence-corrected chi connectivity index (χ1v) is 8.62. The molecule has 0 aliphatic carbocycles. The Bertz CT molecular complexity index is 996. The van der Waals surface area contributed by atoms with Crippen LogP contribution in [0.4, 0.5) is 18.9 Å². The number of carbonyl (C=O) groups excluding carboxylic acids is 2. The van der Waals surface area contributed by atoms with Gasteiger partial charge in [0.15, 0.2) is 0 Å². The lowest BCUT2D eigenvalue weighted by Gasteiger charge is -2.10. The predicted octanol–water partition coefficient (Wildman–Crippen LogP) is 3.87. The van der Waals surface area contributed by atoms with Gasteiger partial charge in [-0.05, 0) is 36.2 Å². The van der Waals surface area contributed by atoms with Gasteiger partial charge in [-0.3, -0.25) is 9.59 Å². The summed E-state index contributed by atoms with van der Waals surface area (Å²) in [4.78, 5) is 26.9. The van der Waals surface area contributed by atoms with Crippen molar-refractivity contribution in [3.63, 3.8) is 0 Å². The van der Waals surface area contributed by atoms with Crippen LogP contribution in [-0.2, 0) is 22.2 Å². The highest BCUT2D eigenvalue weighted by molar-refractivity contribution is 6.03. The number of hydrogen-bond acceptors (Lipinski definition) is 2. The number of aromatic nitrogens is 1. The average Bonchev–Trinajstić information content (AvgIpc) is 3.04. The molecule has 2 aromatic carbocycles. The summed E-state index contributed by atoms with van der Waals surface area (Å²) in [5.74, 6) is -1.17. The minimum absolute atomic E-state index is 0.00795.